The molecule has 1 aliphatic carbocycles. The highest BCUT2D eigenvalue weighted by atomic mass is 31.2. The summed E-state index contributed by atoms with van der Waals surface area (Å²) in [5.41, 5.74) is 0. The normalized spacial score (nSPS) is 14.9. The van der Waals surface area contributed by atoms with E-state index in [9.17, 15) is 0 Å². The smallest absolute Gasteiger partial charge is 0.143 e. The van der Waals surface area contributed by atoms with E-state index in [0.29, 0.717) is 0 Å². The number of ether oxygens (including phenoxy) is 1. The number of allylic oxidation sites excluding steroid dienone is 2. The van der Waals surface area contributed by atoms with Gasteiger partial charge in [0.1, 0.15) is 34.2 Å². The summed E-state index contributed by atoms with van der Waals surface area (Å²) in [5.74, 6) is 1.20. The zero-order valence-corrected chi connectivity index (χ0v) is 16.7. The number of benzene rings is 3. The zero-order chi connectivity index (χ0) is 18.5. The molecule has 0 amide bonds. The molecule has 0 radical (unpaired) electrons. The van der Waals surface area contributed by atoms with Crippen LogP contribution in [0.3, 0.4) is 0 Å². The molecule has 0 fully saturated rings. The quantitative estimate of drug-likeness (QED) is 0.543. The van der Waals surface area contributed by atoms with E-state index in [1.54, 1.807) is 0 Å². The lowest BCUT2D eigenvalue weighted by atomic mass is 10.1. The van der Waals surface area contributed by atoms with Crippen molar-refractivity contribution in [1.82, 2.24) is 0 Å². The summed E-state index contributed by atoms with van der Waals surface area (Å²) in [4.78, 5) is 0. The maximum absolute atomic E-state index is 5.98. The molecule has 0 aromatic heterocycles. The molecule has 1 aliphatic rings. The van der Waals surface area contributed by atoms with Crippen LogP contribution in [-0.4, -0.2) is 7.11 Å². The third-order valence-corrected chi connectivity index (χ3v) is 9.97. The first kappa shape index (κ1) is 18.0. The first-order valence-electron chi connectivity index (χ1n) is 9.70. The van der Waals surface area contributed by atoms with Crippen LogP contribution in [0.5, 0.6) is 0 Å². The van der Waals surface area contributed by atoms with Crippen molar-refractivity contribution in [1.29, 1.82) is 0 Å². The van der Waals surface area contributed by atoms with Gasteiger partial charge in [-0.25, -0.2) is 0 Å². The molecule has 27 heavy (non-hydrogen) atoms. The molecule has 4 rings (SSSR count). The molecule has 0 atom stereocenters. The van der Waals surface area contributed by atoms with Gasteiger partial charge in [-0.3, -0.25) is 0 Å². The number of methoxy groups -OCH3 is 1. The van der Waals surface area contributed by atoms with Gasteiger partial charge in [0.25, 0.3) is 0 Å². The van der Waals surface area contributed by atoms with Crippen LogP contribution < -0.4 is 15.9 Å². The fourth-order valence-corrected chi connectivity index (χ4v) is 9.06. The monoisotopic (exact) mass is 373 g/mol. The van der Waals surface area contributed by atoms with Gasteiger partial charge in [-0.05, 0) is 49.2 Å². The van der Waals surface area contributed by atoms with Crippen LogP contribution in [0.1, 0.15) is 25.7 Å². The number of rotatable bonds is 5. The molecule has 0 unspecified atom stereocenters. The van der Waals surface area contributed by atoms with Crippen LogP contribution in [-0.2, 0) is 4.74 Å². The predicted octanol–water partition coefficient (Wildman–Crippen LogP) is 5.41. The molecule has 3 aromatic rings. The van der Waals surface area contributed by atoms with Crippen molar-refractivity contribution in [2.24, 2.45) is 0 Å². The van der Waals surface area contributed by atoms with E-state index < -0.39 is 7.26 Å². The summed E-state index contributed by atoms with van der Waals surface area (Å²) in [5, 5.41) is 5.75. The van der Waals surface area contributed by atoms with Crippen LogP contribution in [0.15, 0.2) is 102 Å². The lowest BCUT2D eigenvalue weighted by molar-refractivity contribution is 0.264. The van der Waals surface area contributed by atoms with Crippen molar-refractivity contribution in [3.63, 3.8) is 0 Å². The van der Waals surface area contributed by atoms with Gasteiger partial charge in [0.05, 0.1) is 7.11 Å². The third kappa shape index (κ3) is 3.22. The van der Waals surface area contributed by atoms with E-state index in [-0.39, 0.29) is 0 Å². The van der Waals surface area contributed by atoms with Crippen LogP contribution in [0.25, 0.3) is 0 Å². The molecule has 1 nitrogen and oxygen atoms in total. The lowest BCUT2D eigenvalue weighted by Gasteiger charge is -2.32. The maximum Gasteiger partial charge on any atom is 0.143 e. The van der Waals surface area contributed by atoms with Gasteiger partial charge in [0.2, 0.25) is 0 Å². The highest BCUT2D eigenvalue weighted by Crippen LogP contribution is 2.65. The largest absolute Gasteiger partial charge is 0.497 e. The van der Waals surface area contributed by atoms with Crippen LogP contribution >= 0.6 is 7.26 Å². The highest BCUT2D eigenvalue weighted by molar-refractivity contribution is 7.99. The predicted molar refractivity (Wildman–Crippen MR) is 118 cm³/mol. The number of hydrogen-bond donors (Lipinski definition) is 0. The first-order valence-corrected chi connectivity index (χ1v) is 11.5. The van der Waals surface area contributed by atoms with Gasteiger partial charge in [0, 0.05) is 12.8 Å². The molecule has 0 saturated heterocycles. The molecule has 136 valence electrons. The second-order valence-corrected chi connectivity index (χ2v) is 10.4. The van der Waals surface area contributed by atoms with Gasteiger partial charge in [0.15, 0.2) is 0 Å². The fraction of sp³-hybridized carbons (Fsp3) is 0.200. The molecular weight excluding hydrogens is 347 g/mol. The molecule has 0 N–H and O–H groups in total. The molecule has 0 bridgehead atoms. The van der Waals surface area contributed by atoms with Crippen molar-refractivity contribution in [2.45, 2.75) is 25.7 Å². The van der Waals surface area contributed by atoms with Crippen molar-refractivity contribution >= 4 is 23.2 Å². The maximum atomic E-state index is 5.98. The lowest BCUT2D eigenvalue weighted by Crippen LogP contribution is -2.33. The first-order chi connectivity index (χ1) is 13.4. The SMILES string of the molecule is COC1=C([P+](c2ccccc2)(c2ccccc2)c2ccccc2)CCCC1. The van der Waals surface area contributed by atoms with E-state index in [1.165, 1.54) is 39.8 Å². The Labute approximate surface area is 163 Å². The minimum atomic E-state index is -1.95. The summed E-state index contributed by atoms with van der Waals surface area (Å²) in [7, 11) is -0.103. The van der Waals surface area contributed by atoms with Crippen molar-refractivity contribution in [3.8, 4) is 0 Å². The van der Waals surface area contributed by atoms with Gasteiger partial charge in [-0.1, -0.05) is 54.6 Å². The summed E-state index contributed by atoms with van der Waals surface area (Å²) in [6.45, 7) is 0. The topological polar surface area (TPSA) is 9.23 Å². The Balaban J connectivity index is 2.12. The van der Waals surface area contributed by atoms with Gasteiger partial charge in [-0.15, -0.1) is 0 Å². The van der Waals surface area contributed by atoms with E-state index in [0.717, 1.165) is 12.8 Å². The molecule has 0 saturated carbocycles. The Morgan fingerprint density at radius 2 is 1.00 bits per heavy atom. The van der Waals surface area contributed by atoms with E-state index in [1.807, 2.05) is 7.11 Å². The van der Waals surface area contributed by atoms with Gasteiger partial charge < -0.3 is 4.74 Å². The molecule has 2 heteroatoms. The van der Waals surface area contributed by atoms with E-state index in [4.69, 9.17) is 4.74 Å². The molecule has 3 aromatic carbocycles. The minimum Gasteiger partial charge on any atom is -0.497 e. The van der Waals surface area contributed by atoms with Crippen LogP contribution in [0, 0.1) is 0 Å². The van der Waals surface area contributed by atoms with E-state index >= 15 is 0 Å². The van der Waals surface area contributed by atoms with Gasteiger partial charge in [-0.2, -0.15) is 0 Å². The summed E-state index contributed by atoms with van der Waals surface area (Å²) in [6, 6.07) is 33.2. The van der Waals surface area contributed by atoms with E-state index in [2.05, 4.69) is 91.0 Å². The standard InChI is InChI=1S/C25H26OP/c1-26-24-19-11-12-20-25(24)27(21-13-5-2-6-14-21,22-15-7-3-8-16-22)23-17-9-4-10-18-23/h2-10,13-18H,11-12,19-20H2,1H3/q+1. The van der Waals surface area contributed by atoms with Gasteiger partial charge >= 0.3 is 0 Å². The summed E-state index contributed by atoms with van der Waals surface area (Å²) < 4.78 is 5.98. The van der Waals surface area contributed by atoms with Crippen molar-refractivity contribution in [3.05, 3.63) is 102 Å². The fourth-order valence-electron chi connectivity index (χ4n) is 4.31. The van der Waals surface area contributed by atoms with Crippen LogP contribution in [0.2, 0.25) is 0 Å². The summed E-state index contributed by atoms with van der Waals surface area (Å²) in [6.07, 6.45) is 4.59. The van der Waals surface area contributed by atoms with Crippen LogP contribution in [0.4, 0.5) is 0 Å². The second-order valence-electron chi connectivity index (χ2n) is 6.96. The minimum absolute atomic E-state index is 1.04. The average Bonchev–Trinajstić information content (AvgIpc) is 2.77. The highest BCUT2D eigenvalue weighted by Gasteiger charge is 2.51. The Hall–Kier alpha value is -2.37. The van der Waals surface area contributed by atoms with Crippen molar-refractivity contribution in [2.75, 3.05) is 7.11 Å². The Morgan fingerprint density at radius 3 is 1.41 bits per heavy atom. The summed E-state index contributed by atoms with van der Waals surface area (Å²) >= 11 is 0. The Morgan fingerprint density at radius 1 is 0.593 bits per heavy atom. The Bertz CT molecular complexity index is 804. The number of hydrogen-bond acceptors (Lipinski definition) is 1. The molecular formula is C25H26OP+. The average molecular weight is 373 g/mol. The third-order valence-electron chi connectivity index (χ3n) is 5.47. The molecule has 0 heterocycles. The zero-order valence-electron chi connectivity index (χ0n) is 15.8. The molecule has 0 spiro atoms. The van der Waals surface area contributed by atoms with Crippen molar-refractivity contribution < 1.29 is 4.74 Å². The Kier molecular flexibility index (Phi) is 5.41. The second kappa shape index (κ2) is 8.11. The molecule has 0 aliphatic heterocycles.